The number of carbonyl (C=O) groups excluding carboxylic acids is 2. The molecule has 1 aliphatic heterocycles. The van der Waals surface area contributed by atoms with Crippen molar-refractivity contribution in [1.82, 2.24) is 15.5 Å². The van der Waals surface area contributed by atoms with Gasteiger partial charge in [-0.25, -0.2) is 4.79 Å². The lowest BCUT2D eigenvalue weighted by Gasteiger charge is -2.39. The van der Waals surface area contributed by atoms with E-state index in [0.29, 0.717) is 25.4 Å². The van der Waals surface area contributed by atoms with Crippen LogP contribution in [0.1, 0.15) is 85.0 Å². The average molecular weight is 423 g/mol. The minimum absolute atomic E-state index is 0.172. The molecule has 1 heterocycles. The second kappa shape index (κ2) is 11.0. The average Bonchev–Trinajstić information content (AvgIpc) is 2.71. The number of carbonyl (C=O) groups is 2. The normalized spacial score (nSPS) is 22.7. The summed E-state index contributed by atoms with van der Waals surface area (Å²) in [4.78, 5) is 26.6. The van der Waals surface area contributed by atoms with Crippen LogP contribution in [0.2, 0.25) is 0 Å². The highest BCUT2D eigenvalue weighted by Gasteiger charge is 2.37. The van der Waals surface area contributed by atoms with Crippen molar-refractivity contribution in [3.8, 4) is 0 Å². The Balaban J connectivity index is 2.04. The lowest BCUT2D eigenvalue weighted by Crippen LogP contribution is -2.55. The predicted molar refractivity (Wildman–Crippen MR) is 120 cm³/mol. The number of piperidine rings is 1. The summed E-state index contributed by atoms with van der Waals surface area (Å²) < 4.78 is 5.55. The Hall–Kier alpha value is -1.79. The van der Waals surface area contributed by atoms with Crippen LogP contribution in [-0.2, 0) is 9.53 Å². The number of hydrogen-bond donors (Lipinski definition) is 3. The van der Waals surface area contributed by atoms with Crippen molar-refractivity contribution in [1.29, 1.82) is 5.41 Å². The molecule has 0 spiro atoms. The summed E-state index contributed by atoms with van der Waals surface area (Å²) in [6.45, 7) is 6.93. The highest BCUT2D eigenvalue weighted by molar-refractivity contribution is 5.82. The molecule has 2 aliphatic rings. The van der Waals surface area contributed by atoms with Crippen molar-refractivity contribution in [3.63, 3.8) is 0 Å². The summed E-state index contributed by atoms with van der Waals surface area (Å²) in [5.41, 5.74) is -1.28. The maximum absolute atomic E-state index is 12.5. The molecule has 2 rings (SSSR count). The van der Waals surface area contributed by atoms with E-state index < -0.39 is 11.1 Å². The van der Waals surface area contributed by atoms with Crippen molar-refractivity contribution < 1.29 is 14.3 Å². The van der Waals surface area contributed by atoms with Gasteiger partial charge in [-0.15, -0.1) is 0 Å². The fraction of sp³-hybridized carbons (Fsp3) is 0.870. The number of amides is 1. The molecule has 2 fully saturated rings. The van der Waals surface area contributed by atoms with E-state index in [-0.39, 0.29) is 18.0 Å². The van der Waals surface area contributed by atoms with Crippen LogP contribution < -0.4 is 10.6 Å². The number of likely N-dealkylation sites (tertiary alicyclic amines) is 1. The summed E-state index contributed by atoms with van der Waals surface area (Å²) >= 11 is 0. The van der Waals surface area contributed by atoms with Gasteiger partial charge in [-0.2, -0.15) is 0 Å². The van der Waals surface area contributed by atoms with Gasteiger partial charge in [-0.05, 0) is 64.7 Å². The third-order valence-corrected chi connectivity index (χ3v) is 6.40. The largest absolute Gasteiger partial charge is 0.444 e. The quantitative estimate of drug-likeness (QED) is 0.327. The summed E-state index contributed by atoms with van der Waals surface area (Å²) in [5, 5.41) is 14.1. The molecule has 0 radical (unpaired) electrons. The molecule has 7 nitrogen and oxygen atoms in total. The van der Waals surface area contributed by atoms with Gasteiger partial charge >= 0.3 is 6.09 Å². The summed E-state index contributed by atoms with van der Waals surface area (Å²) in [6.07, 6.45) is 11.4. The minimum atomic E-state index is -0.765. The first-order chi connectivity index (χ1) is 14.2. The van der Waals surface area contributed by atoms with E-state index in [0.717, 1.165) is 32.0 Å². The van der Waals surface area contributed by atoms with Gasteiger partial charge in [0.25, 0.3) is 0 Å². The van der Waals surface area contributed by atoms with Crippen molar-refractivity contribution >= 4 is 18.3 Å². The van der Waals surface area contributed by atoms with Crippen LogP contribution in [0.3, 0.4) is 0 Å². The molecule has 1 unspecified atom stereocenters. The van der Waals surface area contributed by atoms with Gasteiger partial charge < -0.3 is 25.1 Å². The summed E-state index contributed by atoms with van der Waals surface area (Å²) in [6, 6.07) is 0. The zero-order valence-electron chi connectivity index (χ0n) is 19.4. The van der Waals surface area contributed by atoms with Gasteiger partial charge in [0.1, 0.15) is 11.9 Å². The smallest absolute Gasteiger partial charge is 0.410 e. The van der Waals surface area contributed by atoms with E-state index in [4.69, 9.17) is 10.1 Å². The summed E-state index contributed by atoms with van der Waals surface area (Å²) in [7, 11) is 1.69. The molecule has 30 heavy (non-hydrogen) atoms. The van der Waals surface area contributed by atoms with E-state index >= 15 is 0 Å². The molecule has 1 aliphatic carbocycles. The van der Waals surface area contributed by atoms with Crippen molar-refractivity contribution in [2.75, 3.05) is 20.1 Å². The zero-order chi connectivity index (χ0) is 22.2. The molecule has 0 aromatic rings. The Morgan fingerprint density at radius 1 is 1.13 bits per heavy atom. The highest BCUT2D eigenvalue weighted by atomic mass is 16.6. The molecule has 1 saturated heterocycles. The topological polar surface area (TPSA) is 94.5 Å². The molecule has 2 atom stereocenters. The van der Waals surface area contributed by atoms with Gasteiger partial charge in [-0.1, -0.05) is 32.1 Å². The number of hydrogen-bond acceptors (Lipinski definition) is 4. The van der Waals surface area contributed by atoms with Crippen LogP contribution in [0.4, 0.5) is 4.79 Å². The molecular formula is C23H42N4O3. The van der Waals surface area contributed by atoms with Crippen LogP contribution in [-0.4, -0.2) is 54.5 Å². The number of aldehydes is 1. The van der Waals surface area contributed by atoms with Crippen LogP contribution in [0.25, 0.3) is 0 Å². The van der Waals surface area contributed by atoms with Crippen LogP contribution in [0, 0.1) is 17.2 Å². The second-order valence-electron chi connectivity index (χ2n) is 10.2. The molecular weight excluding hydrogens is 380 g/mol. The number of nitrogens with one attached hydrogen (secondary N) is 3. The van der Waals surface area contributed by atoms with Crippen molar-refractivity contribution in [2.24, 2.45) is 11.8 Å². The van der Waals surface area contributed by atoms with Crippen LogP contribution in [0.15, 0.2) is 0 Å². The standard InChI is InChI=1S/C23H42N4O3/c1-22(2,3)30-21(29)27-14-8-11-19(16-27)15-23(17-28,26-20(24)25-4)13-12-18-9-6-5-7-10-18/h17-19H,5-16H2,1-4H3,(H3,24,25,26)/t19?,23-/m1/s1. The van der Waals surface area contributed by atoms with E-state index in [1.54, 1.807) is 11.9 Å². The number of guanidine groups is 1. The fourth-order valence-corrected chi connectivity index (χ4v) is 4.84. The lowest BCUT2D eigenvalue weighted by atomic mass is 9.77. The van der Waals surface area contributed by atoms with Crippen LogP contribution >= 0.6 is 0 Å². The number of ether oxygens (including phenoxy) is 1. The SMILES string of the molecule is CNC(=N)N[C@](C=O)(CCC1CCCCC1)CC1CCCN(C(=O)OC(C)(C)C)C1. The van der Waals surface area contributed by atoms with Crippen molar-refractivity contribution in [2.45, 2.75) is 96.1 Å². The number of nitrogens with zero attached hydrogens (tertiary/aromatic N) is 1. The van der Waals surface area contributed by atoms with E-state index in [1.165, 1.54) is 32.1 Å². The molecule has 1 saturated carbocycles. The third-order valence-electron chi connectivity index (χ3n) is 6.40. The van der Waals surface area contributed by atoms with E-state index in [9.17, 15) is 9.59 Å². The van der Waals surface area contributed by atoms with Gasteiger partial charge in [-0.3, -0.25) is 5.41 Å². The molecule has 0 bridgehead atoms. The Bertz CT molecular complexity index is 583. The molecule has 7 heteroatoms. The molecule has 0 aromatic heterocycles. The van der Waals surface area contributed by atoms with Gasteiger partial charge in [0, 0.05) is 20.1 Å². The summed E-state index contributed by atoms with van der Waals surface area (Å²) in [5.74, 6) is 1.05. The van der Waals surface area contributed by atoms with Gasteiger partial charge in [0.2, 0.25) is 0 Å². The number of rotatable bonds is 7. The molecule has 3 N–H and O–H groups in total. The second-order valence-corrected chi connectivity index (χ2v) is 10.2. The first-order valence-electron chi connectivity index (χ1n) is 11.6. The lowest BCUT2D eigenvalue weighted by molar-refractivity contribution is -0.114. The van der Waals surface area contributed by atoms with Gasteiger partial charge in [0.05, 0.1) is 5.54 Å². The van der Waals surface area contributed by atoms with E-state index in [1.807, 2.05) is 20.8 Å². The first-order valence-corrected chi connectivity index (χ1v) is 11.6. The van der Waals surface area contributed by atoms with E-state index in [2.05, 4.69) is 10.6 Å². The molecule has 172 valence electrons. The Labute approximate surface area is 182 Å². The highest BCUT2D eigenvalue weighted by Crippen LogP contribution is 2.33. The first kappa shape index (κ1) is 24.5. The van der Waals surface area contributed by atoms with Crippen LogP contribution in [0.5, 0.6) is 0 Å². The fourth-order valence-electron chi connectivity index (χ4n) is 4.84. The Morgan fingerprint density at radius 2 is 1.80 bits per heavy atom. The predicted octanol–water partition coefficient (Wildman–Crippen LogP) is 4.07. The zero-order valence-corrected chi connectivity index (χ0v) is 19.4. The third kappa shape index (κ3) is 7.80. The van der Waals surface area contributed by atoms with Crippen molar-refractivity contribution in [3.05, 3.63) is 0 Å². The minimum Gasteiger partial charge on any atom is -0.444 e. The monoisotopic (exact) mass is 422 g/mol. The molecule has 0 aromatic carbocycles. The maximum Gasteiger partial charge on any atom is 0.410 e. The Kier molecular flexibility index (Phi) is 8.98. The van der Waals surface area contributed by atoms with Gasteiger partial charge in [0.15, 0.2) is 5.96 Å². The molecule has 1 amide bonds. The maximum atomic E-state index is 12.5. The Morgan fingerprint density at radius 3 is 2.40 bits per heavy atom.